The van der Waals surface area contributed by atoms with Crippen molar-refractivity contribution < 1.29 is 0 Å². The molecule has 0 radical (unpaired) electrons. The van der Waals surface area contributed by atoms with Crippen LogP contribution in [0.5, 0.6) is 0 Å². The molecule has 2 aromatic rings. The van der Waals surface area contributed by atoms with Crippen molar-refractivity contribution in [2.24, 2.45) is 0 Å². The van der Waals surface area contributed by atoms with Crippen LogP contribution in [-0.4, -0.2) is 9.97 Å². The Bertz CT molecular complexity index is 467. The van der Waals surface area contributed by atoms with Crippen molar-refractivity contribution in [3.63, 3.8) is 0 Å². The van der Waals surface area contributed by atoms with Crippen LogP contribution in [0.1, 0.15) is 4.88 Å². The molecule has 0 atom stereocenters. The van der Waals surface area contributed by atoms with Gasteiger partial charge in [-0.3, -0.25) is 0 Å². The van der Waals surface area contributed by atoms with E-state index in [4.69, 9.17) is 5.73 Å². The standard InChI is InChI=1S/C9H8BrN3S/c1-5-2-3-7(14-5)9-12-4-6(10)8(11)13-9/h2-4H,1H3,(H2,11,12,13). The van der Waals surface area contributed by atoms with Crippen molar-refractivity contribution in [1.82, 2.24) is 9.97 Å². The molecule has 2 rings (SSSR count). The van der Waals surface area contributed by atoms with E-state index in [0.717, 1.165) is 9.35 Å². The number of aryl methyl sites for hydroxylation is 1. The van der Waals surface area contributed by atoms with E-state index in [1.54, 1.807) is 17.5 Å². The summed E-state index contributed by atoms with van der Waals surface area (Å²) in [7, 11) is 0. The summed E-state index contributed by atoms with van der Waals surface area (Å²) in [5, 5.41) is 0. The van der Waals surface area contributed by atoms with Crippen LogP contribution in [0.25, 0.3) is 10.7 Å². The van der Waals surface area contributed by atoms with Crippen molar-refractivity contribution in [2.45, 2.75) is 6.92 Å². The van der Waals surface area contributed by atoms with Crippen LogP contribution in [0, 0.1) is 6.92 Å². The minimum atomic E-state index is 0.473. The van der Waals surface area contributed by atoms with Gasteiger partial charge < -0.3 is 5.73 Å². The minimum Gasteiger partial charge on any atom is -0.383 e. The van der Waals surface area contributed by atoms with Crippen molar-refractivity contribution >= 4 is 33.1 Å². The van der Waals surface area contributed by atoms with Crippen LogP contribution >= 0.6 is 27.3 Å². The lowest BCUT2D eigenvalue weighted by Crippen LogP contribution is -1.95. The molecule has 2 heterocycles. The maximum absolute atomic E-state index is 5.67. The molecular weight excluding hydrogens is 262 g/mol. The van der Waals surface area contributed by atoms with Gasteiger partial charge in [0.1, 0.15) is 5.82 Å². The molecule has 0 saturated carbocycles. The molecule has 0 fully saturated rings. The van der Waals surface area contributed by atoms with Gasteiger partial charge in [0.2, 0.25) is 0 Å². The highest BCUT2D eigenvalue weighted by Crippen LogP contribution is 2.26. The molecule has 0 aliphatic heterocycles. The van der Waals surface area contributed by atoms with E-state index < -0.39 is 0 Å². The topological polar surface area (TPSA) is 51.8 Å². The van der Waals surface area contributed by atoms with Gasteiger partial charge in [0.05, 0.1) is 9.35 Å². The van der Waals surface area contributed by atoms with E-state index in [1.807, 2.05) is 12.1 Å². The third-order valence-electron chi connectivity index (χ3n) is 1.73. The number of halogens is 1. The summed E-state index contributed by atoms with van der Waals surface area (Å²) in [6.45, 7) is 2.05. The Morgan fingerprint density at radius 3 is 2.79 bits per heavy atom. The molecular formula is C9H8BrN3S. The molecule has 14 heavy (non-hydrogen) atoms. The summed E-state index contributed by atoms with van der Waals surface area (Å²) >= 11 is 4.92. The molecule has 2 aromatic heterocycles. The highest BCUT2D eigenvalue weighted by molar-refractivity contribution is 9.10. The Balaban J connectivity index is 2.47. The molecule has 0 saturated heterocycles. The number of thiophene rings is 1. The predicted octanol–water partition coefficient (Wildman–Crippen LogP) is 2.86. The smallest absolute Gasteiger partial charge is 0.171 e. The van der Waals surface area contributed by atoms with E-state index in [2.05, 4.69) is 32.8 Å². The average Bonchev–Trinajstić information content (AvgIpc) is 2.57. The summed E-state index contributed by atoms with van der Waals surface area (Å²) < 4.78 is 0.731. The fourth-order valence-electron chi connectivity index (χ4n) is 1.05. The van der Waals surface area contributed by atoms with E-state index in [9.17, 15) is 0 Å². The minimum absolute atomic E-state index is 0.473. The first-order valence-electron chi connectivity index (χ1n) is 4.01. The zero-order valence-corrected chi connectivity index (χ0v) is 9.89. The van der Waals surface area contributed by atoms with E-state index >= 15 is 0 Å². The van der Waals surface area contributed by atoms with Crippen LogP contribution in [0.3, 0.4) is 0 Å². The van der Waals surface area contributed by atoms with E-state index in [0.29, 0.717) is 11.6 Å². The normalized spacial score (nSPS) is 10.4. The fraction of sp³-hybridized carbons (Fsp3) is 0.111. The van der Waals surface area contributed by atoms with Crippen molar-refractivity contribution in [3.05, 3.63) is 27.7 Å². The van der Waals surface area contributed by atoms with Gasteiger partial charge in [0, 0.05) is 11.1 Å². The van der Waals surface area contributed by atoms with Gasteiger partial charge in [-0.15, -0.1) is 11.3 Å². The summed E-state index contributed by atoms with van der Waals surface area (Å²) in [6, 6.07) is 4.05. The van der Waals surface area contributed by atoms with Crippen molar-refractivity contribution in [1.29, 1.82) is 0 Å². The molecule has 0 bridgehead atoms. The number of nitrogens with zero attached hydrogens (tertiary/aromatic N) is 2. The zero-order chi connectivity index (χ0) is 10.1. The van der Waals surface area contributed by atoms with E-state index in [1.165, 1.54) is 4.88 Å². The molecule has 0 aromatic carbocycles. The largest absolute Gasteiger partial charge is 0.383 e. The Morgan fingerprint density at radius 1 is 1.43 bits per heavy atom. The molecule has 2 N–H and O–H groups in total. The lowest BCUT2D eigenvalue weighted by molar-refractivity contribution is 1.18. The Labute approximate surface area is 94.1 Å². The third-order valence-corrected chi connectivity index (χ3v) is 3.34. The van der Waals surface area contributed by atoms with Gasteiger partial charge in [-0.05, 0) is 35.0 Å². The zero-order valence-electron chi connectivity index (χ0n) is 7.49. The molecule has 0 amide bonds. The second-order valence-electron chi connectivity index (χ2n) is 2.84. The molecule has 0 spiro atoms. The number of anilines is 1. The highest BCUT2D eigenvalue weighted by Gasteiger charge is 2.05. The molecule has 5 heteroatoms. The number of nitrogen functional groups attached to an aromatic ring is 1. The van der Waals surface area contributed by atoms with Crippen molar-refractivity contribution in [3.8, 4) is 10.7 Å². The Morgan fingerprint density at radius 2 is 2.21 bits per heavy atom. The number of nitrogens with two attached hydrogens (primary N) is 1. The number of rotatable bonds is 1. The molecule has 0 unspecified atom stereocenters. The lowest BCUT2D eigenvalue weighted by Gasteiger charge is -1.99. The first-order valence-corrected chi connectivity index (χ1v) is 5.62. The summed E-state index contributed by atoms with van der Waals surface area (Å²) in [5.74, 6) is 1.16. The van der Waals surface area contributed by atoms with Crippen molar-refractivity contribution in [2.75, 3.05) is 5.73 Å². The van der Waals surface area contributed by atoms with Crippen LogP contribution in [-0.2, 0) is 0 Å². The fourth-order valence-corrected chi connectivity index (χ4v) is 2.05. The second kappa shape index (κ2) is 3.67. The van der Waals surface area contributed by atoms with Gasteiger partial charge in [-0.2, -0.15) is 0 Å². The molecule has 0 aliphatic carbocycles. The SMILES string of the molecule is Cc1ccc(-c2ncc(Br)c(N)n2)s1. The van der Waals surface area contributed by atoms with Gasteiger partial charge in [0.15, 0.2) is 5.82 Å². The van der Waals surface area contributed by atoms with E-state index in [-0.39, 0.29) is 0 Å². The van der Waals surface area contributed by atoms with Gasteiger partial charge in [-0.25, -0.2) is 9.97 Å². The number of hydrogen-bond acceptors (Lipinski definition) is 4. The predicted molar refractivity (Wildman–Crippen MR) is 62.2 cm³/mol. The van der Waals surface area contributed by atoms with Crippen LogP contribution < -0.4 is 5.73 Å². The summed E-state index contributed by atoms with van der Waals surface area (Å²) in [6.07, 6.45) is 1.67. The highest BCUT2D eigenvalue weighted by atomic mass is 79.9. The maximum atomic E-state index is 5.67. The van der Waals surface area contributed by atoms with Crippen LogP contribution in [0.2, 0.25) is 0 Å². The monoisotopic (exact) mass is 269 g/mol. The number of hydrogen-bond donors (Lipinski definition) is 1. The second-order valence-corrected chi connectivity index (χ2v) is 4.98. The van der Waals surface area contributed by atoms with Crippen LogP contribution in [0.4, 0.5) is 5.82 Å². The summed E-state index contributed by atoms with van der Waals surface area (Å²) in [4.78, 5) is 10.7. The number of aromatic nitrogens is 2. The average molecular weight is 270 g/mol. The van der Waals surface area contributed by atoms with Gasteiger partial charge in [-0.1, -0.05) is 0 Å². The van der Waals surface area contributed by atoms with Gasteiger partial charge >= 0.3 is 0 Å². The first kappa shape index (κ1) is 9.61. The Kier molecular flexibility index (Phi) is 2.52. The third kappa shape index (κ3) is 1.78. The maximum Gasteiger partial charge on any atom is 0.171 e. The lowest BCUT2D eigenvalue weighted by atomic mass is 10.4. The summed E-state index contributed by atoms with van der Waals surface area (Å²) in [5.41, 5.74) is 5.67. The first-order chi connectivity index (χ1) is 6.66. The van der Waals surface area contributed by atoms with Gasteiger partial charge in [0.25, 0.3) is 0 Å². The molecule has 3 nitrogen and oxygen atoms in total. The molecule has 72 valence electrons. The molecule has 0 aliphatic rings. The van der Waals surface area contributed by atoms with Crippen LogP contribution in [0.15, 0.2) is 22.8 Å². The quantitative estimate of drug-likeness (QED) is 0.866. The Hall–Kier alpha value is -0.940.